The van der Waals surface area contributed by atoms with E-state index in [9.17, 15) is 14.7 Å². The van der Waals surface area contributed by atoms with Gasteiger partial charge in [-0.15, -0.1) is 23.1 Å². The molecule has 3 heterocycles. The molecular formula is C27H28N3O3S3+. The normalized spacial score (nSPS) is 16.3. The number of carboxylic acids is 1. The SMILES string of the molecule is CCN1CCS/C1=C\C=c1/s/c(=C\c2sc3c4ccccc4ccc3[n+]2CCC(=O)O)n(CC)c1=O. The third kappa shape index (κ3) is 4.75. The summed E-state index contributed by atoms with van der Waals surface area (Å²) in [5, 5.41) is 13.8. The van der Waals surface area contributed by atoms with Crippen molar-refractivity contribution in [1.82, 2.24) is 9.47 Å². The maximum absolute atomic E-state index is 13.2. The van der Waals surface area contributed by atoms with Crippen LogP contribution >= 0.6 is 34.4 Å². The molecule has 0 unspecified atom stereocenters. The Morgan fingerprint density at radius 3 is 2.72 bits per heavy atom. The Bertz CT molecular complexity index is 1660. The summed E-state index contributed by atoms with van der Waals surface area (Å²) in [6.45, 7) is 7.08. The number of thioether (sulfide) groups is 1. The Kier molecular flexibility index (Phi) is 7.32. The van der Waals surface area contributed by atoms with Crippen molar-refractivity contribution in [3.63, 3.8) is 0 Å². The highest BCUT2D eigenvalue weighted by Crippen LogP contribution is 2.30. The van der Waals surface area contributed by atoms with Crippen molar-refractivity contribution >= 4 is 73.5 Å². The maximum Gasteiger partial charge on any atom is 0.309 e. The number of aromatic nitrogens is 2. The highest BCUT2D eigenvalue weighted by molar-refractivity contribution is 8.03. The van der Waals surface area contributed by atoms with Gasteiger partial charge in [0.1, 0.15) is 15.8 Å². The van der Waals surface area contributed by atoms with Gasteiger partial charge in [0.2, 0.25) is 5.52 Å². The third-order valence-electron chi connectivity index (χ3n) is 6.35. The van der Waals surface area contributed by atoms with Gasteiger partial charge in [0.15, 0.2) is 6.54 Å². The summed E-state index contributed by atoms with van der Waals surface area (Å²) in [7, 11) is 0. The fourth-order valence-electron chi connectivity index (χ4n) is 4.51. The summed E-state index contributed by atoms with van der Waals surface area (Å²) >= 11 is 4.96. The molecule has 0 atom stereocenters. The molecule has 1 aliphatic heterocycles. The van der Waals surface area contributed by atoms with Gasteiger partial charge in [0.05, 0.1) is 15.6 Å². The first-order chi connectivity index (χ1) is 17.5. The van der Waals surface area contributed by atoms with Crippen LogP contribution in [0.2, 0.25) is 0 Å². The van der Waals surface area contributed by atoms with Gasteiger partial charge in [-0.25, -0.2) is 0 Å². The molecule has 1 N–H and O–H groups in total. The summed E-state index contributed by atoms with van der Waals surface area (Å²) in [5.41, 5.74) is 1.03. The first kappa shape index (κ1) is 24.8. The second kappa shape index (κ2) is 10.6. The minimum absolute atomic E-state index is 0.0142. The molecule has 0 aliphatic carbocycles. The number of fused-ring (bicyclic) bond motifs is 3. The number of aliphatic carboxylic acids is 1. The van der Waals surface area contributed by atoms with Crippen LogP contribution in [-0.2, 0) is 17.9 Å². The molecule has 0 spiro atoms. The lowest BCUT2D eigenvalue weighted by Crippen LogP contribution is -2.37. The fraction of sp³-hybridized carbons (Fsp3) is 0.296. The van der Waals surface area contributed by atoms with Crippen LogP contribution in [0.5, 0.6) is 0 Å². The predicted molar refractivity (Wildman–Crippen MR) is 151 cm³/mol. The molecule has 4 aromatic rings. The molecule has 1 saturated heterocycles. The average Bonchev–Trinajstić information content (AvgIpc) is 3.56. The van der Waals surface area contributed by atoms with Gasteiger partial charge in [-0.2, -0.15) is 4.57 Å². The number of aryl methyl sites for hydroxylation is 1. The highest BCUT2D eigenvalue weighted by atomic mass is 32.2. The van der Waals surface area contributed by atoms with Crippen LogP contribution in [0.1, 0.15) is 25.3 Å². The molecule has 36 heavy (non-hydrogen) atoms. The first-order valence-corrected chi connectivity index (χ1v) is 14.7. The zero-order valence-electron chi connectivity index (χ0n) is 20.3. The van der Waals surface area contributed by atoms with Gasteiger partial charge in [0.25, 0.3) is 10.6 Å². The summed E-state index contributed by atoms with van der Waals surface area (Å²) in [4.78, 5) is 26.9. The molecule has 1 aliphatic rings. The minimum Gasteiger partial charge on any atom is -0.481 e. The van der Waals surface area contributed by atoms with E-state index in [4.69, 9.17) is 0 Å². The zero-order valence-corrected chi connectivity index (χ0v) is 22.7. The molecule has 0 saturated carbocycles. The number of allylic oxidation sites excluding steroid dienone is 1. The Balaban J connectivity index is 1.68. The van der Waals surface area contributed by atoms with E-state index in [0.29, 0.717) is 17.6 Å². The number of hydrogen-bond acceptors (Lipinski definition) is 6. The van der Waals surface area contributed by atoms with E-state index in [1.54, 1.807) is 15.9 Å². The van der Waals surface area contributed by atoms with E-state index in [1.165, 1.54) is 16.4 Å². The minimum atomic E-state index is -0.828. The van der Waals surface area contributed by atoms with Crippen LogP contribution in [0, 0.1) is 0 Å². The molecule has 2 aromatic carbocycles. The Labute approximate surface area is 221 Å². The largest absolute Gasteiger partial charge is 0.481 e. The van der Waals surface area contributed by atoms with E-state index < -0.39 is 5.97 Å². The summed E-state index contributed by atoms with van der Waals surface area (Å²) in [6, 6.07) is 12.4. The van der Waals surface area contributed by atoms with Gasteiger partial charge in [0, 0.05) is 36.8 Å². The van der Waals surface area contributed by atoms with E-state index in [2.05, 4.69) is 46.7 Å². The summed E-state index contributed by atoms with van der Waals surface area (Å²) in [5.74, 6) is 0.249. The van der Waals surface area contributed by atoms with Gasteiger partial charge in [-0.1, -0.05) is 35.6 Å². The van der Waals surface area contributed by atoms with Crippen LogP contribution < -0.4 is 19.3 Å². The number of thiazole rings is 2. The topological polar surface area (TPSA) is 66.4 Å². The lowest BCUT2D eigenvalue weighted by Gasteiger charge is -2.14. The second-order valence-electron chi connectivity index (χ2n) is 8.47. The number of hydrogen-bond donors (Lipinski definition) is 1. The van der Waals surface area contributed by atoms with E-state index in [0.717, 1.165) is 49.5 Å². The van der Waals surface area contributed by atoms with Gasteiger partial charge < -0.3 is 10.0 Å². The maximum atomic E-state index is 13.2. The van der Waals surface area contributed by atoms with Crippen molar-refractivity contribution in [3.8, 4) is 0 Å². The summed E-state index contributed by atoms with van der Waals surface area (Å²) < 4.78 is 6.59. The van der Waals surface area contributed by atoms with Gasteiger partial charge >= 0.3 is 5.97 Å². The highest BCUT2D eigenvalue weighted by Gasteiger charge is 2.22. The fourth-order valence-corrected chi connectivity index (χ4v) is 7.99. The van der Waals surface area contributed by atoms with E-state index in [-0.39, 0.29) is 12.0 Å². The molecular weight excluding hydrogens is 511 g/mol. The van der Waals surface area contributed by atoms with Crippen LogP contribution in [0.15, 0.2) is 52.3 Å². The molecule has 0 bridgehead atoms. The van der Waals surface area contributed by atoms with Crippen LogP contribution in [0.3, 0.4) is 0 Å². The third-order valence-corrected chi connectivity index (χ3v) is 9.69. The molecule has 9 heteroatoms. The molecule has 5 rings (SSSR count). The number of benzene rings is 2. The molecule has 6 nitrogen and oxygen atoms in total. The van der Waals surface area contributed by atoms with Crippen LogP contribution in [0.4, 0.5) is 0 Å². The quantitative estimate of drug-likeness (QED) is 0.365. The number of carboxylic acid groups (broad SMARTS) is 1. The van der Waals surface area contributed by atoms with Crippen molar-refractivity contribution in [2.24, 2.45) is 0 Å². The monoisotopic (exact) mass is 538 g/mol. The average molecular weight is 539 g/mol. The summed E-state index contributed by atoms with van der Waals surface area (Å²) in [6.07, 6.45) is 6.10. The van der Waals surface area contributed by atoms with Gasteiger partial charge in [-0.3, -0.25) is 14.2 Å². The smallest absolute Gasteiger partial charge is 0.309 e. The van der Waals surface area contributed by atoms with Crippen molar-refractivity contribution < 1.29 is 14.5 Å². The molecule has 0 amide bonds. The Hall–Kier alpha value is -2.88. The first-order valence-electron chi connectivity index (χ1n) is 12.1. The Morgan fingerprint density at radius 1 is 1.11 bits per heavy atom. The molecule has 1 fully saturated rings. The van der Waals surface area contributed by atoms with E-state index >= 15 is 0 Å². The predicted octanol–water partition coefficient (Wildman–Crippen LogP) is 3.58. The number of rotatable bonds is 7. The van der Waals surface area contributed by atoms with Crippen molar-refractivity contribution in [3.05, 3.63) is 72.1 Å². The zero-order chi connectivity index (χ0) is 25.2. The van der Waals surface area contributed by atoms with Gasteiger partial charge in [-0.05, 0) is 37.5 Å². The van der Waals surface area contributed by atoms with Crippen molar-refractivity contribution in [2.45, 2.75) is 33.4 Å². The van der Waals surface area contributed by atoms with Crippen molar-refractivity contribution in [2.75, 3.05) is 18.8 Å². The lowest BCUT2D eigenvalue weighted by atomic mass is 10.1. The molecule has 186 valence electrons. The van der Waals surface area contributed by atoms with Crippen LogP contribution in [0.25, 0.3) is 33.1 Å². The molecule has 2 aromatic heterocycles. The number of nitrogens with zero attached hydrogens (tertiary/aromatic N) is 3. The van der Waals surface area contributed by atoms with E-state index in [1.807, 2.05) is 43.0 Å². The second-order valence-corrected chi connectivity index (χ2v) is 11.7. The number of carbonyl (C=O) groups is 1. The standard InChI is InChI=1S/C27H27N3O3S3/c1-3-28-15-16-34-22(28)12-11-21-27(33)29(4-2)23(35-21)17-24-30(14-13-25(31)32)20-10-9-18-7-5-6-8-19(18)26(20)36-24/h5-12,17H,3-4,13-16H2,1-2H3/p+1/b21-11-,22-12-. The van der Waals surface area contributed by atoms with Crippen LogP contribution in [-0.4, -0.2) is 39.4 Å². The van der Waals surface area contributed by atoms with Crippen molar-refractivity contribution in [1.29, 1.82) is 0 Å². The lowest BCUT2D eigenvalue weighted by molar-refractivity contribution is -0.667. The molecule has 0 radical (unpaired) electrons. The Morgan fingerprint density at radius 2 is 1.94 bits per heavy atom.